The lowest BCUT2D eigenvalue weighted by Gasteiger charge is -2.15. The molecule has 0 aliphatic carbocycles. The van der Waals surface area contributed by atoms with E-state index in [1.807, 2.05) is 6.92 Å². The van der Waals surface area contributed by atoms with Crippen molar-refractivity contribution in [1.82, 2.24) is 5.06 Å². The fourth-order valence-electron chi connectivity index (χ4n) is 0.483. The molecule has 0 aromatic heterocycles. The summed E-state index contributed by atoms with van der Waals surface area (Å²) in [7, 11) is 1.56. The summed E-state index contributed by atoms with van der Waals surface area (Å²) < 4.78 is 0. The van der Waals surface area contributed by atoms with Crippen molar-refractivity contribution in [2.24, 2.45) is 5.73 Å². The third kappa shape index (κ3) is 2.96. The number of nitrogens with two attached hydrogens (primary N) is 1. The Labute approximate surface area is 50.0 Å². The Kier molecular flexibility index (Phi) is 3.77. The monoisotopic (exact) mass is 118 g/mol. The van der Waals surface area contributed by atoms with Crippen molar-refractivity contribution in [1.29, 1.82) is 0 Å². The third-order valence-corrected chi connectivity index (χ3v) is 1.06. The molecular weight excluding hydrogens is 104 g/mol. The highest BCUT2D eigenvalue weighted by molar-refractivity contribution is 4.50. The lowest BCUT2D eigenvalue weighted by Crippen LogP contribution is -2.36. The van der Waals surface area contributed by atoms with Crippen LogP contribution in [0.4, 0.5) is 0 Å². The van der Waals surface area contributed by atoms with Gasteiger partial charge in [0.2, 0.25) is 0 Å². The molecule has 0 saturated carbocycles. The standard InChI is InChI=1S/C5H14N2O/c1-3-4-5(6)7(2)8/h5,8H,3-4,6H2,1-2H3. The van der Waals surface area contributed by atoms with Crippen molar-refractivity contribution in [2.75, 3.05) is 7.05 Å². The molecule has 0 amide bonds. The van der Waals surface area contributed by atoms with Gasteiger partial charge in [0.1, 0.15) is 0 Å². The van der Waals surface area contributed by atoms with E-state index in [1.54, 1.807) is 7.05 Å². The Morgan fingerprint density at radius 3 is 2.38 bits per heavy atom. The van der Waals surface area contributed by atoms with Crippen LogP contribution in [-0.4, -0.2) is 23.5 Å². The van der Waals surface area contributed by atoms with E-state index in [2.05, 4.69) is 0 Å². The molecule has 8 heavy (non-hydrogen) atoms. The van der Waals surface area contributed by atoms with Crippen molar-refractivity contribution in [3.05, 3.63) is 0 Å². The maximum Gasteiger partial charge on any atom is 0.0812 e. The van der Waals surface area contributed by atoms with E-state index in [0.29, 0.717) is 0 Å². The molecule has 0 aliphatic heterocycles. The normalized spacial score (nSPS) is 14.6. The molecule has 0 fully saturated rings. The molecule has 0 saturated heterocycles. The smallest absolute Gasteiger partial charge is 0.0812 e. The molecule has 3 N–H and O–H groups in total. The Hall–Kier alpha value is -0.120. The summed E-state index contributed by atoms with van der Waals surface area (Å²) in [6.07, 6.45) is 1.65. The first-order valence-corrected chi connectivity index (χ1v) is 2.85. The first-order valence-electron chi connectivity index (χ1n) is 2.85. The predicted molar refractivity (Wildman–Crippen MR) is 32.4 cm³/mol. The largest absolute Gasteiger partial charge is 0.314 e. The van der Waals surface area contributed by atoms with E-state index in [1.165, 1.54) is 0 Å². The van der Waals surface area contributed by atoms with E-state index in [4.69, 9.17) is 10.9 Å². The summed E-state index contributed by atoms with van der Waals surface area (Å²) in [5, 5.41) is 9.69. The molecule has 0 rings (SSSR count). The van der Waals surface area contributed by atoms with E-state index >= 15 is 0 Å². The summed E-state index contributed by atoms with van der Waals surface area (Å²) in [5.41, 5.74) is 5.40. The maximum absolute atomic E-state index is 8.66. The van der Waals surface area contributed by atoms with Gasteiger partial charge in [0.05, 0.1) is 6.17 Å². The van der Waals surface area contributed by atoms with Gasteiger partial charge in [-0.3, -0.25) is 0 Å². The van der Waals surface area contributed by atoms with Crippen molar-refractivity contribution in [2.45, 2.75) is 25.9 Å². The van der Waals surface area contributed by atoms with Gasteiger partial charge in [-0.25, -0.2) is 0 Å². The van der Waals surface area contributed by atoms with Crippen LogP contribution in [0, 0.1) is 0 Å². The molecule has 1 atom stereocenters. The Morgan fingerprint density at radius 2 is 2.25 bits per heavy atom. The lowest BCUT2D eigenvalue weighted by molar-refractivity contribution is -0.102. The fourth-order valence-corrected chi connectivity index (χ4v) is 0.483. The summed E-state index contributed by atoms with van der Waals surface area (Å²) in [5.74, 6) is 0. The van der Waals surface area contributed by atoms with E-state index in [0.717, 1.165) is 17.9 Å². The Morgan fingerprint density at radius 1 is 1.75 bits per heavy atom. The molecule has 0 radical (unpaired) electrons. The molecule has 0 aromatic rings. The first kappa shape index (κ1) is 7.88. The highest BCUT2D eigenvalue weighted by atomic mass is 16.5. The fraction of sp³-hybridized carbons (Fsp3) is 1.00. The minimum atomic E-state index is -0.194. The van der Waals surface area contributed by atoms with Gasteiger partial charge in [0, 0.05) is 7.05 Å². The van der Waals surface area contributed by atoms with Crippen LogP contribution in [0.15, 0.2) is 0 Å². The van der Waals surface area contributed by atoms with Crippen LogP contribution in [-0.2, 0) is 0 Å². The molecule has 0 spiro atoms. The van der Waals surface area contributed by atoms with Crippen LogP contribution >= 0.6 is 0 Å². The van der Waals surface area contributed by atoms with E-state index in [-0.39, 0.29) is 6.17 Å². The zero-order valence-corrected chi connectivity index (χ0v) is 5.46. The van der Waals surface area contributed by atoms with E-state index < -0.39 is 0 Å². The molecule has 0 aromatic carbocycles. The van der Waals surface area contributed by atoms with Gasteiger partial charge in [-0.2, -0.15) is 5.06 Å². The van der Waals surface area contributed by atoms with Crippen molar-refractivity contribution < 1.29 is 5.21 Å². The van der Waals surface area contributed by atoms with Gasteiger partial charge in [-0.05, 0) is 6.42 Å². The van der Waals surface area contributed by atoms with E-state index in [9.17, 15) is 0 Å². The van der Waals surface area contributed by atoms with Crippen LogP contribution < -0.4 is 5.73 Å². The Bertz CT molecular complexity index is 56.4. The molecule has 50 valence electrons. The minimum absolute atomic E-state index is 0.194. The number of hydroxylamine groups is 2. The number of hydrogen-bond donors (Lipinski definition) is 2. The second kappa shape index (κ2) is 3.83. The first-order chi connectivity index (χ1) is 3.68. The SMILES string of the molecule is CCCC(N)N(C)O. The molecule has 0 bridgehead atoms. The van der Waals surface area contributed by atoms with Crippen LogP contribution in [0.3, 0.4) is 0 Å². The summed E-state index contributed by atoms with van der Waals surface area (Å²) in [6.45, 7) is 2.03. The van der Waals surface area contributed by atoms with Gasteiger partial charge in [-0.1, -0.05) is 13.3 Å². The van der Waals surface area contributed by atoms with Crippen LogP contribution in [0.1, 0.15) is 19.8 Å². The van der Waals surface area contributed by atoms with Crippen LogP contribution in [0.2, 0.25) is 0 Å². The van der Waals surface area contributed by atoms with Gasteiger partial charge in [0.15, 0.2) is 0 Å². The van der Waals surface area contributed by atoms with Crippen molar-refractivity contribution in [3.63, 3.8) is 0 Å². The topological polar surface area (TPSA) is 49.5 Å². The van der Waals surface area contributed by atoms with Gasteiger partial charge in [0.25, 0.3) is 0 Å². The predicted octanol–water partition coefficient (Wildman–Crippen LogP) is 0.392. The summed E-state index contributed by atoms with van der Waals surface area (Å²) >= 11 is 0. The third-order valence-electron chi connectivity index (χ3n) is 1.06. The van der Waals surface area contributed by atoms with Crippen LogP contribution in [0.25, 0.3) is 0 Å². The molecule has 0 heterocycles. The zero-order chi connectivity index (χ0) is 6.57. The van der Waals surface area contributed by atoms with Crippen molar-refractivity contribution in [3.8, 4) is 0 Å². The maximum atomic E-state index is 8.66. The Balaban J connectivity index is 3.17. The second-order valence-electron chi connectivity index (χ2n) is 1.93. The summed E-state index contributed by atoms with van der Waals surface area (Å²) in [6, 6.07) is 0. The average molecular weight is 118 g/mol. The van der Waals surface area contributed by atoms with Gasteiger partial charge >= 0.3 is 0 Å². The van der Waals surface area contributed by atoms with Crippen LogP contribution in [0.5, 0.6) is 0 Å². The minimum Gasteiger partial charge on any atom is -0.314 e. The number of nitrogens with zero attached hydrogens (tertiary/aromatic N) is 1. The number of hydrogen-bond acceptors (Lipinski definition) is 3. The molecular formula is C5H14N2O. The van der Waals surface area contributed by atoms with Gasteiger partial charge in [-0.15, -0.1) is 0 Å². The van der Waals surface area contributed by atoms with Gasteiger partial charge < -0.3 is 10.9 Å². The molecule has 0 aliphatic rings. The van der Waals surface area contributed by atoms with Crippen molar-refractivity contribution >= 4 is 0 Å². The zero-order valence-electron chi connectivity index (χ0n) is 5.46. The quantitative estimate of drug-likeness (QED) is 0.416. The molecule has 3 nitrogen and oxygen atoms in total. The lowest BCUT2D eigenvalue weighted by atomic mass is 10.3. The number of rotatable bonds is 3. The highest BCUT2D eigenvalue weighted by Gasteiger charge is 2.02. The molecule has 3 heteroatoms. The molecule has 1 unspecified atom stereocenters. The second-order valence-corrected chi connectivity index (χ2v) is 1.93. The summed E-state index contributed by atoms with van der Waals surface area (Å²) in [4.78, 5) is 0. The average Bonchev–Trinajstić information content (AvgIpc) is 1.67. The highest BCUT2D eigenvalue weighted by Crippen LogP contribution is 1.93.